The number of primary amides is 1. The van der Waals surface area contributed by atoms with Crippen molar-refractivity contribution in [3.05, 3.63) is 11.2 Å². The molecule has 5 heteroatoms. The molecule has 0 aromatic carbocycles. The molecule has 54 valence electrons. The van der Waals surface area contributed by atoms with E-state index in [4.69, 9.17) is 11.6 Å². The number of nitrogens with two attached hydrogens (primary N) is 1. The summed E-state index contributed by atoms with van der Waals surface area (Å²) >= 11 is 5.41. The Hall–Kier alpha value is -0.870. The number of rotatable bonds is 0. The Kier molecular flexibility index (Phi) is 1.74. The molecule has 0 fully saturated rings. The number of urea groups is 1. The van der Waals surface area contributed by atoms with Crippen molar-refractivity contribution in [2.75, 3.05) is 7.05 Å². The molecule has 4 nitrogen and oxygen atoms in total. The lowest BCUT2D eigenvalue weighted by molar-refractivity contribution is -0.499. The van der Waals surface area contributed by atoms with Crippen LogP contribution in [0.5, 0.6) is 0 Å². The summed E-state index contributed by atoms with van der Waals surface area (Å²) in [5.74, 6) is -0.377. The summed E-state index contributed by atoms with van der Waals surface area (Å²) < 4.78 is 0. The highest BCUT2D eigenvalue weighted by molar-refractivity contribution is 6.30. The summed E-state index contributed by atoms with van der Waals surface area (Å²) in [4.78, 5) is 22.5. The van der Waals surface area contributed by atoms with Gasteiger partial charge in [-0.2, -0.15) is 0 Å². The fourth-order valence-electron chi connectivity index (χ4n) is 0.580. The molecule has 1 aliphatic heterocycles. The maximum Gasteiger partial charge on any atom is 0.428 e. The van der Waals surface area contributed by atoms with E-state index in [1.54, 1.807) is 0 Å². The fraction of sp³-hybridized carbons (Fsp3) is 0.200. The van der Waals surface area contributed by atoms with Crippen molar-refractivity contribution in [1.82, 2.24) is 4.90 Å². The van der Waals surface area contributed by atoms with Crippen molar-refractivity contribution >= 4 is 23.5 Å². The average Bonchev–Trinajstić information content (AvgIpc) is 1.82. The van der Waals surface area contributed by atoms with Crippen molar-refractivity contribution in [2.24, 2.45) is 0 Å². The number of amides is 3. The predicted molar refractivity (Wildman–Crippen MR) is 34.0 cm³/mol. The zero-order chi connectivity index (χ0) is 7.72. The van der Waals surface area contributed by atoms with Gasteiger partial charge < -0.3 is 0 Å². The molecule has 0 atom stereocenters. The molecule has 0 radical (unpaired) electrons. The number of hydrogen-bond donors (Lipinski definition) is 1. The quantitative estimate of drug-likeness (QED) is 0.474. The molecule has 0 unspecified atom stereocenters. The van der Waals surface area contributed by atoms with E-state index in [0.29, 0.717) is 0 Å². The van der Waals surface area contributed by atoms with Gasteiger partial charge in [0, 0.05) is 7.05 Å². The summed E-state index contributed by atoms with van der Waals surface area (Å²) in [5.41, 5.74) is 0. The second-order valence-electron chi connectivity index (χ2n) is 1.91. The SMILES string of the molecule is CN1C(=O)C=C(Cl)[NH2+]C1=O. The van der Waals surface area contributed by atoms with Gasteiger partial charge in [-0.05, 0) is 11.6 Å². The van der Waals surface area contributed by atoms with E-state index < -0.39 is 0 Å². The minimum absolute atomic E-state index is 0.188. The van der Waals surface area contributed by atoms with Gasteiger partial charge in [-0.25, -0.2) is 15.0 Å². The first-order chi connectivity index (χ1) is 4.61. The van der Waals surface area contributed by atoms with Crippen LogP contribution in [-0.4, -0.2) is 23.9 Å². The molecular weight excluding hydrogens is 156 g/mol. The van der Waals surface area contributed by atoms with Crippen LogP contribution < -0.4 is 5.32 Å². The summed E-state index contributed by atoms with van der Waals surface area (Å²) in [5, 5.41) is 1.39. The lowest BCUT2D eigenvalue weighted by atomic mass is 10.4. The first-order valence-electron chi connectivity index (χ1n) is 2.65. The van der Waals surface area contributed by atoms with Crippen molar-refractivity contribution in [3.63, 3.8) is 0 Å². The van der Waals surface area contributed by atoms with Crippen LogP contribution in [0.25, 0.3) is 0 Å². The monoisotopic (exact) mass is 161 g/mol. The van der Waals surface area contributed by atoms with Crippen molar-refractivity contribution < 1.29 is 14.9 Å². The van der Waals surface area contributed by atoms with Gasteiger partial charge in [-0.1, -0.05) is 0 Å². The molecule has 0 aromatic heterocycles. The van der Waals surface area contributed by atoms with Crippen LogP contribution >= 0.6 is 11.6 Å². The molecular formula is C5H6ClN2O2+. The average molecular weight is 162 g/mol. The van der Waals surface area contributed by atoms with Crippen LogP contribution in [0.2, 0.25) is 0 Å². The highest BCUT2D eigenvalue weighted by atomic mass is 35.5. The topological polar surface area (TPSA) is 54.0 Å². The van der Waals surface area contributed by atoms with Gasteiger partial charge in [-0.15, -0.1) is 0 Å². The largest absolute Gasteiger partial charge is 0.428 e. The number of nitrogens with zero attached hydrogens (tertiary/aromatic N) is 1. The van der Waals surface area contributed by atoms with E-state index in [1.165, 1.54) is 18.4 Å². The number of halogens is 1. The lowest BCUT2D eigenvalue weighted by Crippen LogP contribution is -2.89. The maximum absolute atomic E-state index is 10.7. The minimum atomic E-state index is -0.377. The third-order valence-electron chi connectivity index (χ3n) is 1.18. The van der Waals surface area contributed by atoms with Gasteiger partial charge in [0.15, 0.2) is 0 Å². The Bertz CT molecular complexity index is 224. The second kappa shape index (κ2) is 2.40. The molecule has 0 saturated carbocycles. The standard InChI is InChI=1S/C5H5ClN2O2/c1-8-4(9)2-3(6)7-5(8)10/h2H,1H3,(H,7,10)/p+1. The maximum atomic E-state index is 10.7. The molecule has 1 rings (SSSR count). The summed E-state index contributed by atoms with van der Waals surface area (Å²) in [7, 11) is 1.40. The van der Waals surface area contributed by atoms with Crippen LogP contribution in [0.15, 0.2) is 11.2 Å². The van der Waals surface area contributed by atoms with Gasteiger partial charge >= 0.3 is 6.03 Å². The van der Waals surface area contributed by atoms with E-state index in [2.05, 4.69) is 0 Å². The van der Waals surface area contributed by atoms with E-state index in [0.717, 1.165) is 4.90 Å². The van der Waals surface area contributed by atoms with Crippen molar-refractivity contribution in [3.8, 4) is 0 Å². The third kappa shape index (κ3) is 1.17. The van der Waals surface area contributed by atoms with Crippen LogP contribution in [-0.2, 0) is 4.79 Å². The number of hydrogen-bond acceptors (Lipinski definition) is 2. The highest BCUT2D eigenvalue weighted by Crippen LogP contribution is 1.97. The Balaban J connectivity index is 2.89. The molecule has 1 aliphatic rings. The second-order valence-corrected chi connectivity index (χ2v) is 2.35. The van der Waals surface area contributed by atoms with Crippen LogP contribution in [0.4, 0.5) is 4.79 Å². The zero-order valence-corrected chi connectivity index (χ0v) is 6.05. The van der Waals surface area contributed by atoms with Crippen molar-refractivity contribution in [1.29, 1.82) is 0 Å². The smallest absolute Gasteiger partial charge is 0.269 e. The third-order valence-corrected chi connectivity index (χ3v) is 1.40. The first kappa shape index (κ1) is 7.24. The number of imide groups is 1. The molecule has 1 heterocycles. The summed E-state index contributed by atoms with van der Waals surface area (Å²) in [6, 6.07) is -0.377. The van der Waals surface area contributed by atoms with E-state index >= 15 is 0 Å². The predicted octanol–water partition coefficient (Wildman–Crippen LogP) is -0.778. The van der Waals surface area contributed by atoms with Gasteiger partial charge in [0.05, 0.1) is 6.08 Å². The number of likely N-dealkylation sites (N-methyl/N-ethyl adjacent to an activating group) is 1. The van der Waals surface area contributed by atoms with Crippen LogP contribution in [0, 0.1) is 0 Å². The van der Waals surface area contributed by atoms with Crippen LogP contribution in [0.3, 0.4) is 0 Å². The van der Waals surface area contributed by atoms with E-state index in [1.807, 2.05) is 0 Å². The molecule has 0 bridgehead atoms. The normalized spacial score (nSPS) is 19.4. The van der Waals surface area contributed by atoms with E-state index in [9.17, 15) is 9.59 Å². The zero-order valence-electron chi connectivity index (χ0n) is 5.30. The van der Waals surface area contributed by atoms with Gasteiger partial charge in [-0.3, -0.25) is 4.79 Å². The number of carbonyl (C=O) groups is 2. The summed E-state index contributed by atoms with van der Waals surface area (Å²) in [6.45, 7) is 0. The van der Waals surface area contributed by atoms with Gasteiger partial charge in [0.25, 0.3) is 5.91 Å². The Morgan fingerprint density at radius 1 is 1.60 bits per heavy atom. The Morgan fingerprint density at radius 3 is 2.70 bits per heavy atom. The molecule has 3 amide bonds. The Labute approximate surface area is 62.4 Å². The fourth-order valence-corrected chi connectivity index (χ4v) is 0.767. The first-order valence-corrected chi connectivity index (χ1v) is 3.02. The minimum Gasteiger partial charge on any atom is -0.269 e. The molecule has 10 heavy (non-hydrogen) atoms. The molecule has 2 N–H and O–H groups in total. The van der Waals surface area contributed by atoms with Gasteiger partial charge in [0.1, 0.15) is 0 Å². The number of carbonyl (C=O) groups excluding carboxylic acids is 2. The van der Waals surface area contributed by atoms with E-state index in [-0.39, 0.29) is 17.1 Å². The molecule has 0 aromatic rings. The highest BCUT2D eigenvalue weighted by Gasteiger charge is 2.25. The number of quaternary nitrogens is 1. The Morgan fingerprint density at radius 2 is 2.20 bits per heavy atom. The molecule has 0 aliphatic carbocycles. The summed E-state index contributed by atoms with van der Waals surface area (Å²) in [6.07, 6.45) is 1.20. The van der Waals surface area contributed by atoms with Gasteiger partial charge in [0.2, 0.25) is 5.16 Å². The van der Waals surface area contributed by atoms with Crippen molar-refractivity contribution in [2.45, 2.75) is 0 Å². The lowest BCUT2D eigenvalue weighted by Gasteiger charge is -2.13. The molecule has 0 saturated heterocycles. The molecule has 0 spiro atoms. The van der Waals surface area contributed by atoms with Crippen LogP contribution in [0.1, 0.15) is 0 Å².